The summed E-state index contributed by atoms with van der Waals surface area (Å²) in [5, 5.41) is 0. The summed E-state index contributed by atoms with van der Waals surface area (Å²) in [6.45, 7) is 0. The molecule has 2 fully saturated rings. The van der Waals surface area contributed by atoms with E-state index in [9.17, 15) is 4.79 Å². The molecule has 1 heteroatoms. The molecule has 0 aromatic heterocycles. The first-order valence-corrected chi connectivity index (χ1v) is 3.90. The maximum atomic E-state index is 10.9. The molecule has 1 nitrogen and oxygen atoms in total. The van der Waals surface area contributed by atoms with E-state index in [4.69, 9.17) is 0 Å². The third kappa shape index (κ3) is 0.707. The lowest BCUT2D eigenvalue weighted by molar-refractivity contribution is -0.136. The lowest BCUT2D eigenvalue weighted by Gasteiger charge is -2.38. The number of hydrogen-bond acceptors (Lipinski definition) is 1. The van der Waals surface area contributed by atoms with Crippen molar-refractivity contribution in [2.24, 2.45) is 11.8 Å². The smallest absolute Gasteiger partial charge is 0.136 e. The van der Waals surface area contributed by atoms with Crippen LogP contribution < -0.4 is 0 Å². The van der Waals surface area contributed by atoms with Gasteiger partial charge in [-0.25, -0.2) is 0 Å². The van der Waals surface area contributed by atoms with Crippen molar-refractivity contribution in [3.8, 4) is 0 Å². The predicted molar refractivity (Wildman–Crippen MR) is 35.1 cm³/mol. The number of Topliss-reactive ketones (excluding diaryl/α,β-unsaturated/α-hetero) is 1. The summed E-state index contributed by atoms with van der Waals surface area (Å²) in [4.78, 5) is 10.9. The molecule has 0 bridgehead atoms. The standard InChI is InChI=1S/C8H12O/c9-8-5-6-3-1-2-4-7(6)8/h6-7H,1-5H2. The van der Waals surface area contributed by atoms with Crippen molar-refractivity contribution in [2.45, 2.75) is 32.1 Å². The van der Waals surface area contributed by atoms with Gasteiger partial charge in [-0.15, -0.1) is 0 Å². The van der Waals surface area contributed by atoms with Crippen LogP contribution in [0.2, 0.25) is 0 Å². The van der Waals surface area contributed by atoms with E-state index in [0.29, 0.717) is 11.7 Å². The first kappa shape index (κ1) is 5.45. The van der Waals surface area contributed by atoms with Gasteiger partial charge in [0.15, 0.2) is 0 Å². The van der Waals surface area contributed by atoms with E-state index in [2.05, 4.69) is 0 Å². The molecule has 0 saturated heterocycles. The van der Waals surface area contributed by atoms with Crippen molar-refractivity contribution < 1.29 is 4.79 Å². The first-order chi connectivity index (χ1) is 4.38. The SMILES string of the molecule is O=C1CC2CCCCC12. The van der Waals surface area contributed by atoms with Crippen molar-refractivity contribution >= 4 is 5.78 Å². The molecule has 2 aliphatic rings. The van der Waals surface area contributed by atoms with Crippen molar-refractivity contribution in [1.29, 1.82) is 0 Å². The summed E-state index contributed by atoms with van der Waals surface area (Å²) >= 11 is 0. The Morgan fingerprint density at radius 2 is 2.00 bits per heavy atom. The van der Waals surface area contributed by atoms with E-state index in [0.717, 1.165) is 12.3 Å². The van der Waals surface area contributed by atoms with Crippen LogP contribution in [-0.2, 0) is 4.79 Å². The molecular formula is C8H12O. The Kier molecular flexibility index (Phi) is 1.11. The second-order valence-corrected chi connectivity index (χ2v) is 3.32. The van der Waals surface area contributed by atoms with Crippen LogP contribution in [0.1, 0.15) is 32.1 Å². The Morgan fingerprint density at radius 3 is 2.56 bits per heavy atom. The van der Waals surface area contributed by atoms with E-state index in [1.807, 2.05) is 0 Å². The van der Waals surface area contributed by atoms with Gasteiger partial charge < -0.3 is 0 Å². The summed E-state index contributed by atoms with van der Waals surface area (Å²) in [7, 11) is 0. The Bertz CT molecular complexity index is 140. The summed E-state index contributed by atoms with van der Waals surface area (Å²) in [5.74, 6) is 1.87. The van der Waals surface area contributed by atoms with Crippen molar-refractivity contribution in [3.05, 3.63) is 0 Å². The molecule has 0 aromatic carbocycles. The van der Waals surface area contributed by atoms with Gasteiger partial charge in [0.1, 0.15) is 5.78 Å². The maximum Gasteiger partial charge on any atom is 0.136 e. The van der Waals surface area contributed by atoms with Gasteiger partial charge in [-0.2, -0.15) is 0 Å². The van der Waals surface area contributed by atoms with Gasteiger partial charge in [-0.3, -0.25) is 4.79 Å². The van der Waals surface area contributed by atoms with E-state index < -0.39 is 0 Å². The van der Waals surface area contributed by atoms with Crippen molar-refractivity contribution in [2.75, 3.05) is 0 Å². The number of ketones is 1. The molecule has 2 saturated carbocycles. The fourth-order valence-electron chi connectivity index (χ4n) is 2.13. The summed E-state index contributed by atoms with van der Waals surface area (Å²) in [6, 6.07) is 0. The van der Waals surface area contributed by atoms with Gasteiger partial charge in [-0.1, -0.05) is 12.8 Å². The van der Waals surface area contributed by atoms with Crippen LogP contribution in [0, 0.1) is 11.8 Å². The van der Waals surface area contributed by atoms with E-state index >= 15 is 0 Å². The van der Waals surface area contributed by atoms with E-state index in [1.54, 1.807) is 0 Å². The largest absolute Gasteiger partial charge is 0.299 e. The number of carbonyl (C=O) groups excluding carboxylic acids is 1. The summed E-state index contributed by atoms with van der Waals surface area (Å²) < 4.78 is 0. The Hall–Kier alpha value is -0.330. The van der Waals surface area contributed by atoms with Crippen LogP contribution >= 0.6 is 0 Å². The zero-order valence-corrected chi connectivity index (χ0v) is 5.60. The minimum Gasteiger partial charge on any atom is -0.299 e. The highest BCUT2D eigenvalue weighted by molar-refractivity contribution is 5.87. The van der Waals surface area contributed by atoms with Gasteiger partial charge in [0.05, 0.1) is 0 Å². The third-order valence-electron chi connectivity index (χ3n) is 2.79. The van der Waals surface area contributed by atoms with Crippen LogP contribution in [0.15, 0.2) is 0 Å². The molecule has 0 aliphatic heterocycles. The fourth-order valence-corrected chi connectivity index (χ4v) is 2.13. The number of carbonyl (C=O) groups is 1. The third-order valence-corrected chi connectivity index (χ3v) is 2.79. The van der Waals surface area contributed by atoms with Gasteiger partial charge in [0, 0.05) is 12.3 Å². The Balaban J connectivity index is 2.01. The maximum absolute atomic E-state index is 10.9. The van der Waals surface area contributed by atoms with Gasteiger partial charge in [-0.05, 0) is 18.8 Å². The molecule has 2 rings (SSSR count). The Morgan fingerprint density at radius 1 is 1.22 bits per heavy atom. The number of rotatable bonds is 0. The molecule has 50 valence electrons. The monoisotopic (exact) mass is 124 g/mol. The molecule has 2 aliphatic carbocycles. The molecule has 0 radical (unpaired) electrons. The van der Waals surface area contributed by atoms with Crippen LogP contribution in [0.3, 0.4) is 0 Å². The lowest BCUT2D eigenvalue weighted by atomic mass is 9.65. The topological polar surface area (TPSA) is 17.1 Å². The predicted octanol–water partition coefficient (Wildman–Crippen LogP) is 1.77. The lowest BCUT2D eigenvalue weighted by Crippen LogP contribution is -2.39. The molecule has 9 heavy (non-hydrogen) atoms. The van der Waals surface area contributed by atoms with Crippen LogP contribution in [0.4, 0.5) is 0 Å². The van der Waals surface area contributed by atoms with E-state index in [1.165, 1.54) is 25.7 Å². The molecular weight excluding hydrogens is 112 g/mol. The van der Waals surface area contributed by atoms with Gasteiger partial charge in [0.2, 0.25) is 0 Å². The van der Waals surface area contributed by atoms with Gasteiger partial charge in [0.25, 0.3) is 0 Å². The van der Waals surface area contributed by atoms with Crippen LogP contribution in [0.25, 0.3) is 0 Å². The average molecular weight is 124 g/mol. The summed E-state index contributed by atoms with van der Waals surface area (Å²) in [5.41, 5.74) is 0. The van der Waals surface area contributed by atoms with Crippen LogP contribution in [-0.4, -0.2) is 5.78 Å². The molecule has 0 aromatic rings. The fraction of sp³-hybridized carbons (Fsp3) is 0.875. The second-order valence-electron chi connectivity index (χ2n) is 3.32. The van der Waals surface area contributed by atoms with E-state index in [-0.39, 0.29) is 0 Å². The Labute approximate surface area is 55.4 Å². The number of hydrogen-bond donors (Lipinski definition) is 0. The molecule has 0 spiro atoms. The molecule has 0 N–H and O–H groups in total. The number of fused-ring (bicyclic) bond motifs is 1. The van der Waals surface area contributed by atoms with Crippen molar-refractivity contribution in [3.63, 3.8) is 0 Å². The zero-order valence-electron chi connectivity index (χ0n) is 5.60. The molecule has 2 atom stereocenters. The first-order valence-electron chi connectivity index (χ1n) is 3.90. The average Bonchev–Trinajstić information content (AvgIpc) is 1.86. The molecule has 2 unspecified atom stereocenters. The zero-order chi connectivity index (χ0) is 6.27. The quantitative estimate of drug-likeness (QED) is 0.481. The highest BCUT2D eigenvalue weighted by Gasteiger charge is 2.40. The highest BCUT2D eigenvalue weighted by atomic mass is 16.1. The summed E-state index contributed by atoms with van der Waals surface area (Å²) in [6.07, 6.45) is 6.10. The highest BCUT2D eigenvalue weighted by Crippen LogP contribution is 2.41. The normalized spacial score (nSPS) is 41.6. The minimum absolute atomic E-state index is 0.513. The van der Waals surface area contributed by atoms with Crippen LogP contribution in [0.5, 0.6) is 0 Å². The van der Waals surface area contributed by atoms with Crippen molar-refractivity contribution in [1.82, 2.24) is 0 Å². The van der Waals surface area contributed by atoms with Gasteiger partial charge >= 0.3 is 0 Å². The molecule has 0 heterocycles. The minimum atomic E-state index is 0.513. The second kappa shape index (κ2) is 1.83. The molecule has 0 amide bonds.